The second kappa shape index (κ2) is 9.62. The standard InChI is InChI=1S/C22H25FN2O4/c23-19-8-6-16(7-9-19)14-24-20(26)21(27)25-15-22(28,17-4-2-1-3-5-17)18-10-12-29-13-11-18/h1-9,18,28H,10-15H2,(H,24,26)(H,25,27). The number of carbonyl (C=O) groups is 2. The van der Waals surface area contributed by atoms with E-state index in [4.69, 9.17) is 4.74 Å². The molecular formula is C22H25FN2O4. The molecule has 1 aliphatic rings. The topological polar surface area (TPSA) is 87.7 Å². The summed E-state index contributed by atoms with van der Waals surface area (Å²) in [4.78, 5) is 24.4. The molecule has 1 unspecified atom stereocenters. The van der Waals surface area contributed by atoms with E-state index < -0.39 is 17.4 Å². The second-order valence-corrected chi connectivity index (χ2v) is 7.17. The van der Waals surface area contributed by atoms with E-state index in [0.29, 0.717) is 37.2 Å². The molecule has 2 aromatic rings. The Hall–Kier alpha value is -2.77. The van der Waals surface area contributed by atoms with Crippen LogP contribution in [-0.4, -0.2) is 36.7 Å². The first kappa shape index (κ1) is 21.0. The number of hydrogen-bond donors (Lipinski definition) is 3. The van der Waals surface area contributed by atoms with Gasteiger partial charge in [-0.1, -0.05) is 42.5 Å². The maximum atomic E-state index is 12.9. The lowest BCUT2D eigenvalue weighted by Crippen LogP contribution is -2.50. The first-order valence-electron chi connectivity index (χ1n) is 9.65. The van der Waals surface area contributed by atoms with Gasteiger partial charge in [0.1, 0.15) is 11.4 Å². The summed E-state index contributed by atoms with van der Waals surface area (Å²) in [6.07, 6.45) is 1.33. The Balaban J connectivity index is 1.61. The lowest BCUT2D eigenvalue weighted by Gasteiger charge is -2.39. The van der Waals surface area contributed by atoms with Crippen molar-refractivity contribution in [2.45, 2.75) is 25.0 Å². The molecule has 2 amide bonds. The zero-order valence-electron chi connectivity index (χ0n) is 16.1. The van der Waals surface area contributed by atoms with Crippen LogP contribution in [0.15, 0.2) is 54.6 Å². The van der Waals surface area contributed by atoms with Crippen molar-refractivity contribution in [3.8, 4) is 0 Å². The van der Waals surface area contributed by atoms with Crippen LogP contribution >= 0.6 is 0 Å². The van der Waals surface area contributed by atoms with E-state index in [9.17, 15) is 19.1 Å². The Morgan fingerprint density at radius 3 is 2.28 bits per heavy atom. The van der Waals surface area contributed by atoms with Crippen molar-refractivity contribution in [2.75, 3.05) is 19.8 Å². The third-order valence-electron chi connectivity index (χ3n) is 5.26. The molecule has 1 saturated heterocycles. The first-order valence-corrected chi connectivity index (χ1v) is 9.65. The predicted octanol–water partition coefficient (Wildman–Crippen LogP) is 1.87. The highest BCUT2D eigenvalue weighted by atomic mass is 19.1. The summed E-state index contributed by atoms with van der Waals surface area (Å²) in [6.45, 7) is 1.12. The Morgan fingerprint density at radius 2 is 1.62 bits per heavy atom. The third-order valence-corrected chi connectivity index (χ3v) is 5.26. The molecule has 0 spiro atoms. The lowest BCUT2D eigenvalue weighted by molar-refractivity contribution is -0.140. The molecule has 7 heteroatoms. The van der Waals surface area contributed by atoms with Gasteiger partial charge in [0.05, 0.1) is 6.54 Å². The van der Waals surface area contributed by atoms with Gasteiger partial charge in [-0.3, -0.25) is 9.59 Å². The molecule has 0 radical (unpaired) electrons. The number of aliphatic hydroxyl groups is 1. The van der Waals surface area contributed by atoms with Crippen molar-refractivity contribution < 1.29 is 23.8 Å². The van der Waals surface area contributed by atoms with Crippen LogP contribution in [0.4, 0.5) is 4.39 Å². The molecule has 0 bridgehead atoms. The normalized spacial score (nSPS) is 16.6. The molecule has 1 atom stereocenters. The van der Waals surface area contributed by atoms with Crippen LogP contribution in [0.2, 0.25) is 0 Å². The molecule has 1 heterocycles. The average Bonchev–Trinajstić information content (AvgIpc) is 2.77. The number of rotatable bonds is 6. The van der Waals surface area contributed by atoms with Gasteiger partial charge in [-0.15, -0.1) is 0 Å². The maximum Gasteiger partial charge on any atom is 0.309 e. The Labute approximate surface area is 169 Å². The lowest BCUT2D eigenvalue weighted by atomic mass is 9.77. The fourth-order valence-electron chi connectivity index (χ4n) is 3.54. The Morgan fingerprint density at radius 1 is 1.00 bits per heavy atom. The predicted molar refractivity (Wildman–Crippen MR) is 105 cm³/mol. The number of benzene rings is 2. The SMILES string of the molecule is O=C(NCc1ccc(F)cc1)C(=O)NCC(O)(c1ccccc1)C1CCOCC1. The number of carbonyl (C=O) groups excluding carboxylic acids is 2. The highest BCUT2D eigenvalue weighted by molar-refractivity contribution is 6.35. The summed E-state index contributed by atoms with van der Waals surface area (Å²) < 4.78 is 18.3. The van der Waals surface area contributed by atoms with E-state index in [1.54, 1.807) is 0 Å². The smallest absolute Gasteiger partial charge is 0.309 e. The molecular weight excluding hydrogens is 375 g/mol. The van der Waals surface area contributed by atoms with Crippen molar-refractivity contribution in [2.24, 2.45) is 5.92 Å². The van der Waals surface area contributed by atoms with Gasteiger partial charge < -0.3 is 20.5 Å². The number of nitrogens with one attached hydrogen (secondary N) is 2. The monoisotopic (exact) mass is 400 g/mol. The molecule has 0 aliphatic carbocycles. The summed E-state index contributed by atoms with van der Waals surface area (Å²) in [5.74, 6) is -2.10. The number of hydrogen-bond acceptors (Lipinski definition) is 4. The van der Waals surface area contributed by atoms with Crippen LogP contribution in [0.25, 0.3) is 0 Å². The van der Waals surface area contributed by atoms with E-state index >= 15 is 0 Å². The van der Waals surface area contributed by atoms with Gasteiger partial charge in [0.15, 0.2) is 0 Å². The van der Waals surface area contributed by atoms with Crippen LogP contribution in [0.1, 0.15) is 24.0 Å². The fraction of sp³-hybridized carbons (Fsp3) is 0.364. The summed E-state index contributed by atoms with van der Waals surface area (Å²) in [5.41, 5.74) is 0.0762. The van der Waals surface area contributed by atoms with Gasteiger partial charge in [0.25, 0.3) is 0 Å². The van der Waals surface area contributed by atoms with Crippen LogP contribution in [0.3, 0.4) is 0 Å². The largest absolute Gasteiger partial charge is 0.383 e. The van der Waals surface area contributed by atoms with Crippen molar-refractivity contribution in [1.29, 1.82) is 0 Å². The molecule has 1 fully saturated rings. The molecule has 1 aliphatic heterocycles. The molecule has 0 aromatic heterocycles. The van der Waals surface area contributed by atoms with Crippen LogP contribution in [0, 0.1) is 11.7 Å². The highest BCUT2D eigenvalue weighted by Gasteiger charge is 2.39. The number of halogens is 1. The molecule has 3 N–H and O–H groups in total. The van der Waals surface area contributed by atoms with E-state index in [-0.39, 0.29) is 24.8 Å². The van der Waals surface area contributed by atoms with Gasteiger partial charge >= 0.3 is 11.8 Å². The molecule has 29 heavy (non-hydrogen) atoms. The Bertz CT molecular complexity index is 822. The second-order valence-electron chi connectivity index (χ2n) is 7.17. The minimum atomic E-state index is -1.29. The summed E-state index contributed by atoms with van der Waals surface area (Å²) in [7, 11) is 0. The van der Waals surface area contributed by atoms with Gasteiger partial charge in [-0.2, -0.15) is 0 Å². The van der Waals surface area contributed by atoms with Crippen LogP contribution in [0.5, 0.6) is 0 Å². The van der Waals surface area contributed by atoms with Crippen LogP contribution < -0.4 is 10.6 Å². The van der Waals surface area contributed by atoms with Gasteiger partial charge in [0.2, 0.25) is 0 Å². The Kier molecular flexibility index (Phi) is 6.95. The molecule has 3 rings (SSSR count). The average molecular weight is 400 g/mol. The first-order chi connectivity index (χ1) is 14.0. The van der Waals surface area contributed by atoms with Crippen molar-refractivity contribution in [3.63, 3.8) is 0 Å². The number of amides is 2. The van der Waals surface area contributed by atoms with Crippen molar-refractivity contribution >= 4 is 11.8 Å². The summed E-state index contributed by atoms with van der Waals surface area (Å²) in [6, 6.07) is 14.8. The highest BCUT2D eigenvalue weighted by Crippen LogP contribution is 2.35. The summed E-state index contributed by atoms with van der Waals surface area (Å²) in [5, 5.41) is 16.5. The fourth-order valence-corrected chi connectivity index (χ4v) is 3.54. The molecule has 154 valence electrons. The zero-order valence-corrected chi connectivity index (χ0v) is 16.1. The zero-order chi connectivity index (χ0) is 20.7. The van der Waals surface area contributed by atoms with Crippen molar-refractivity contribution in [1.82, 2.24) is 10.6 Å². The van der Waals surface area contributed by atoms with Crippen LogP contribution in [-0.2, 0) is 26.5 Å². The van der Waals surface area contributed by atoms with Gasteiger partial charge in [-0.05, 0) is 42.0 Å². The van der Waals surface area contributed by atoms with Gasteiger partial charge in [0, 0.05) is 19.8 Å². The van der Waals surface area contributed by atoms with E-state index in [0.717, 1.165) is 0 Å². The van der Waals surface area contributed by atoms with E-state index in [1.165, 1.54) is 24.3 Å². The molecule has 0 saturated carbocycles. The minimum Gasteiger partial charge on any atom is -0.383 e. The van der Waals surface area contributed by atoms with Crippen molar-refractivity contribution in [3.05, 3.63) is 71.5 Å². The van der Waals surface area contributed by atoms with E-state index in [2.05, 4.69) is 10.6 Å². The molecule has 2 aromatic carbocycles. The number of ether oxygens (including phenoxy) is 1. The van der Waals surface area contributed by atoms with E-state index in [1.807, 2.05) is 30.3 Å². The quantitative estimate of drug-likeness (QED) is 0.646. The molecule has 6 nitrogen and oxygen atoms in total. The minimum absolute atomic E-state index is 0.0789. The summed E-state index contributed by atoms with van der Waals surface area (Å²) >= 11 is 0. The maximum absolute atomic E-state index is 12.9. The van der Waals surface area contributed by atoms with Gasteiger partial charge in [-0.25, -0.2) is 4.39 Å². The third kappa shape index (κ3) is 5.40.